The third-order valence-corrected chi connectivity index (χ3v) is 5.67. The molecule has 0 saturated heterocycles. The highest BCUT2D eigenvalue weighted by molar-refractivity contribution is 8.00. The number of imidazole rings is 1. The van der Waals surface area contributed by atoms with E-state index in [4.69, 9.17) is 5.73 Å². The number of carbonyl (C=O) groups excluding carboxylic acids is 1. The van der Waals surface area contributed by atoms with Gasteiger partial charge in [-0.15, -0.1) is 16.9 Å². The van der Waals surface area contributed by atoms with E-state index in [1.165, 1.54) is 0 Å². The lowest BCUT2D eigenvalue weighted by molar-refractivity contribution is -0.116. The summed E-state index contributed by atoms with van der Waals surface area (Å²) in [4.78, 5) is 20.2. The largest absolute Gasteiger partial charge is 0.369 e. The van der Waals surface area contributed by atoms with Crippen molar-refractivity contribution in [2.24, 2.45) is 0 Å². The number of aromatic nitrogens is 5. The molecule has 0 amide bonds. The smallest absolute Gasteiger partial charge is 0.197 e. The summed E-state index contributed by atoms with van der Waals surface area (Å²) in [6.07, 6.45) is 10.4. The zero-order valence-corrected chi connectivity index (χ0v) is 17.4. The number of hydrogen-bond donors (Lipinski definition) is 2. The average molecular weight is 413 g/mol. The molecule has 0 atom stereocenters. The van der Waals surface area contributed by atoms with Crippen molar-refractivity contribution < 1.29 is 4.79 Å². The first-order valence-corrected chi connectivity index (χ1v) is 11.1. The number of nitrogens with zero attached hydrogens (tertiary/aromatic N) is 4. The van der Waals surface area contributed by atoms with Crippen LogP contribution in [0, 0.1) is 0 Å². The van der Waals surface area contributed by atoms with Gasteiger partial charge in [0.15, 0.2) is 5.95 Å². The van der Waals surface area contributed by atoms with Crippen molar-refractivity contribution in [3.05, 3.63) is 54.1 Å². The van der Waals surface area contributed by atoms with Gasteiger partial charge in [-0.3, -0.25) is 9.48 Å². The van der Waals surface area contributed by atoms with Crippen molar-refractivity contribution in [2.45, 2.75) is 56.4 Å². The fourth-order valence-electron chi connectivity index (χ4n) is 3.06. The first kappa shape index (κ1) is 21.1. The number of thioether (sulfide) groups is 1. The number of carbonyl (C=O) groups is 1. The van der Waals surface area contributed by atoms with E-state index in [0.717, 1.165) is 61.4 Å². The quantitative estimate of drug-likeness (QED) is 0.328. The van der Waals surface area contributed by atoms with Gasteiger partial charge in [-0.05, 0) is 44.2 Å². The van der Waals surface area contributed by atoms with Crippen LogP contribution in [0.25, 0.3) is 0 Å². The first-order chi connectivity index (χ1) is 14.2. The average Bonchev–Trinajstić information content (AvgIpc) is 3.36. The minimum Gasteiger partial charge on any atom is -0.369 e. The second-order valence-electron chi connectivity index (χ2n) is 7.07. The van der Waals surface area contributed by atoms with Gasteiger partial charge >= 0.3 is 0 Å². The molecule has 0 aliphatic heterocycles. The fraction of sp³-hybridized carbons (Fsp3) is 0.429. The molecule has 8 heteroatoms. The second-order valence-corrected chi connectivity index (χ2v) is 8.12. The molecule has 154 valence electrons. The van der Waals surface area contributed by atoms with Gasteiger partial charge in [0.1, 0.15) is 5.78 Å². The van der Waals surface area contributed by atoms with Crippen LogP contribution < -0.4 is 5.73 Å². The Hall–Kier alpha value is -2.61. The Kier molecular flexibility index (Phi) is 8.30. The fourth-order valence-corrected chi connectivity index (χ4v) is 3.88. The van der Waals surface area contributed by atoms with Crippen LogP contribution in [0.2, 0.25) is 0 Å². The third kappa shape index (κ3) is 7.73. The van der Waals surface area contributed by atoms with Crippen molar-refractivity contribution in [2.75, 3.05) is 11.5 Å². The maximum absolute atomic E-state index is 12.0. The van der Waals surface area contributed by atoms with E-state index < -0.39 is 0 Å². The molecule has 0 bridgehead atoms. The van der Waals surface area contributed by atoms with Gasteiger partial charge in [0.05, 0.1) is 17.6 Å². The molecule has 0 fully saturated rings. The van der Waals surface area contributed by atoms with Crippen LogP contribution in [-0.2, 0) is 24.2 Å². The number of unbranched alkanes of at least 4 members (excludes halogenated alkanes) is 2. The Morgan fingerprint density at radius 3 is 2.72 bits per heavy atom. The van der Waals surface area contributed by atoms with Crippen LogP contribution in [0.15, 0.2) is 47.6 Å². The standard InChI is InChI=1S/C21H28N6OS/c22-21-23-14-17(24-21)8-3-1-4-9-18-15-27(26-25-18)13-7-10-19(28)16-29-20-11-5-2-6-12-20/h2,5-6,11-12,14-15H,1,3-4,7-10,13,16H2,(H3,22,23,24). The van der Waals surface area contributed by atoms with Crippen LogP contribution >= 0.6 is 11.8 Å². The van der Waals surface area contributed by atoms with E-state index in [-0.39, 0.29) is 5.78 Å². The van der Waals surface area contributed by atoms with Gasteiger partial charge in [0, 0.05) is 29.8 Å². The Morgan fingerprint density at radius 2 is 1.93 bits per heavy atom. The molecule has 3 N–H and O–H groups in total. The highest BCUT2D eigenvalue weighted by Crippen LogP contribution is 2.17. The Morgan fingerprint density at radius 1 is 1.10 bits per heavy atom. The van der Waals surface area contributed by atoms with E-state index in [0.29, 0.717) is 18.1 Å². The number of aryl methyl sites for hydroxylation is 3. The predicted octanol–water partition coefficient (Wildman–Crippen LogP) is 3.68. The van der Waals surface area contributed by atoms with Crippen molar-refractivity contribution >= 4 is 23.5 Å². The molecule has 0 aliphatic carbocycles. The van der Waals surface area contributed by atoms with Gasteiger partial charge in [0.25, 0.3) is 0 Å². The maximum Gasteiger partial charge on any atom is 0.197 e. The lowest BCUT2D eigenvalue weighted by atomic mass is 10.1. The molecule has 3 aromatic rings. The molecule has 0 saturated carbocycles. The lowest BCUT2D eigenvalue weighted by Crippen LogP contribution is -2.05. The van der Waals surface area contributed by atoms with Crippen LogP contribution in [0.5, 0.6) is 0 Å². The molecule has 29 heavy (non-hydrogen) atoms. The number of H-pyrrole nitrogens is 1. The van der Waals surface area contributed by atoms with E-state index in [1.807, 2.05) is 41.2 Å². The molecule has 2 aromatic heterocycles. The van der Waals surface area contributed by atoms with Crippen LogP contribution in [0.4, 0.5) is 5.95 Å². The Labute approximate surface area is 175 Å². The van der Waals surface area contributed by atoms with E-state index in [1.54, 1.807) is 18.0 Å². The number of rotatable bonds is 13. The second kappa shape index (κ2) is 11.4. The number of anilines is 1. The van der Waals surface area contributed by atoms with Gasteiger partial charge < -0.3 is 10.7 Å². The predicted molar refractivity (Wildman–Crippen MR) is 116 cm³/mol. The summed E-state index contributed by atoms with van der Waals surface area (Å²) < 4.78 is 1.85. The number of nitrogens with one attached hydrogen (secondary N) is 1. The molecule has 7 nitrogen and oxygen atoms in total. The SMILES string of the molecule is Nc1ncc(CCCCCc2cn(CCCC(=O)CSc3ccccc3)nn2)[nH]1. The molecular weight excluding hydrogens is 384 g/mol. The molecule has 1 aromatic carbocycles. The summed E-state index contributed by atoms with van der Waals surface area (Å²) in [5.41, 5.74) is 7.68. The topological polar surface area (TPSA) is 102 Å². The first-order valence-electron chi connectivity index (χ1n) is 10.1. The van der Waals surface area contributed by atoms with Crippen molar-refractivity contribution in [3.8, 4) is 0 Å². The number of Topliss-reactive ketones (excluding diaryl/α,β-unsaturated/α-hetero) is 1. The normalized spacial score (nSPS) is 11.0. The summed E-state index contributed by atoms with van der Waals surface area (Å²) in [7, 11) is 0. The highest BCUT2D eigenvalue weighted by Gasteiger charge is 2.05. The Bertz CT molecular complexity index is 876. The van der Waals surface area contributed by atoms with Gasteiger partial charge in [-0.1, -0.05) is 29.8 Å². The summed E-state index contributed by atoms with van der Waals surface area (Å²) in [6, 6.07) is 10.0. The number of nitrogens with two attached hydrogens (primary N) is 1. The lowest BCUT2D eigenvalue weighted by Gasteiger charge is -2.02. The number of benzene rings is 1. The Balaban J connectivity index is 1.25. The number of aromatic amines is 1. The minimum atomic E-state index is 0.276. The molecule has 0 radical (unpaired) electrons. The summed E-state index contributed by atoms with van der Waals surface area (Å²) in [6.45, 7) is 0.732. The van der Waals surface area contributed by atoms with Crippen LogP contribution in [0.3, 0.4) is 0 Å². The highest BCUT2D eigenvalue weighted by atomic mass is 32.2. The van der Waals surface area contributed by atoms with E-state index >= 15 is 0 Å². The number of nitrogen functional groups attached to an aromatic ring is 1. The molecule has 2 heterocycles. The van der Waals surface area contributed by atoms with Gasteiger partial charge in [-0.2, -0.15) is 0 Å². The third-order valence-electron chi connectivity index (χ3n) is 4.60. The summed E-state index contributed by atoms with van der Waals surface area (Å²) in [5, 5.41) is 8.42. The zero-order chi connectivity index (χ0) is 20.3. The van der Waals surface area contributed by atoms with Gasteiger partial charge in [0.2, 0.25) is 0 Å². The summed E-state index contributed by atoms with van der Waals surface area (Å²) in [5.74, 6) is 1.28. The molecule has 0 aliphatic rings. The van der Waals surface area contributed by atoms with Crippen LogP contribution in [-0.4, -0.2) is 36.5 Å². The van der Waals surface area contributed by atoms with E-state index in [2.05, 4.69) is 20.3 Å². The zero-order valence-electron chi connectivity index (χ0n) is 16.6. The molecule has 0 unspecified atom stereocenters. The number of ketones is 1. The molecular formula is C21H28N6OS. The molecule has 0 spiro atoms. The monoisotopic (exact) mass is 412 g/mol. The number of hydrogen-bond acceptors (Lipinski definition) is 6. The van der Waals surface area contributed by atoms with Crippen molar-refractivity contribution in [3.63, 3.8) is 0 Å². The van der Waals surface area contributed by atoms with Gasteiger partial charge in [-0.25, -0.2) is 4.98 Å². The molecule has 3 rings (SSSR count). The van der Waals surface area contributed by atoms with Crippen LogP contribution in [0.1, 0.15) is 43.5 Å². The maximum atomic E-state index is 12.0. The van der Waals surface area contributed by atoms with Crippen molar-refractivity contribution in [1.29, 1.82) is 0 Å². The van der Waals surface area contributed by atoms with Crippen molar-refractivity contribution in [1.82, 2.24) is 25.0 Å². The summed E-state index contributed by atoms with van der Waals surface area (Å²) >= 11 is 1.60. The minimum absolute atomic E-state index is 0.276. The van der Waals surface area contributed by atoms with E-state index in [9.17, 15) is 4.79 Å².